The first kappa shape index (κ1) is 12.2. The number of ether oxygens (including phenoxy) is 1. The van der Waals surface area contributed by atoms with Crippen LogP contribution < -0.4 is 9.64 Å². The van der Waals surface area contributed by atoms with E-state index in [1.165, 1.54) is 13.3 Å². The third kappa shape index (κ3) is 2.51. The summed E-state index contributed by atoms with van der Waals surface area (Å²) in [5, 5.41) is 0. The second-order valence-corrected chi connectivity index (χ2v) is 4.03. The Balaban J connectivity index is 2.39. The van der Waals surface area contributed by atoms with E-state index in [-0.39, 0.29) is 5.88 Å². The molecule has 0 saturated heterocycles. The number of esters is 1. The van der Waals surface area contributed by atoms with Gasteiger partial charge < -0.3 is 14.1 Å². The van der Waals surface area contributed by atoms with Crippen LogP contribution in [0.25, 0.3) is 11.3 Å². The molecule has 1 heterocycles. The maximum Gasteiger partial charge on any atom is 0.309 e. The summed E-state index contributed by atoms with van der Waals surface area (Å²) < 4.78 is 10.3. The molecule has 18 heavy (non-hydrogen) atoms. The number of benzene rings is 1. The summed E-state index contributed by atoms with van der Waals surface area (Å²) in [6.45, 7) is 1.33. The van der Waals surface area contributed by atoms with Crippen molar-refractivity contribution in [3.05, 3.63) is 30.7 Å². The molecule has 2 aromatic rings. The molecule has 0 atom stereocenters. The molecular formula is C13H14N2O3. The number of hydrogen-bond donors (Lipinski definition) is 0. The standard InChI is InChI=1S/C13H14N2O3/c1-9(16)18-13-12(17-8-14-13)10-5-4-6-11(7-10)15(2)3/h4-8H,1-3H3. The molecule has 5 nitrogen and oxygen atoms in total. The fourth-order valence-corrected chi connectivity index (χ4v) is 1.56. The molecule has 0 fully saturated rings. The Kier molecular flexibility index (Phi) is 3.32. The lowest BCUT2D eigenvalue weighted by Crippen LogP contribution is -2.08. The second-order valence-electron chi connectivity index (χ2n) is 4.03. The third-order valence-corrected chi connectivity index (χ3v) is 2.40. The molecule has 2 rings (SSSR count). The lowest BCUT2D eigenvalue weighted by molar-refractivity contribution is -0.132. The first-order valence-corrected chi connectivity index (χ1v) is 5.47. The highest BCUT2D eigenvalue weighted by molar-refractivity contribution is 5.73. The molecule has 1 aromatic heterocycles. The van der Waals surface area contributed by atoms with Gasteiger partial charge in [0.15, 0.2) is 12.2 Å². The predicted molar refractivity (Wildman–Crippen MR) is 67.6 cm³/mol. The van der Waals surface area contributed by atoms with Crippen molar-refractivity contribution in [3.63, 3.8) is 0 Å². The maximum atomic E-state index is 11.0. The number of nitrogens with zero attached hydrogens (tertiary/aromatic N) is 2. The topological polar surface area (TPSA) is 55.6 Å². The van der Waals surface area contributed by atoms with Crippen LogP contribution >= 0.6 is 0 Å². The van der Waals surface area contributed by atoms with Crippen LogP contribution in [-0.2, 0) is 4.79 Å². The summed E-state index contributed by atoms with van der Waals surface area (Å²) in [5.41, 5.74) is 1.84. The smallest absolute Gasteiger partial charge is 0.309 e. The average molecular weight is 246 g/mol. The van der Waals surface area contributed by atoms with Crippen molar-refractivity contribution in [2.75, 3.05) is 19.0 Å². The highest BCUT2D eigenvalue weighted by Gasteiger charge is 2.14. The molecule has 0 unspecified atom stereocenters. The molecule has 0 amide bonds. The van der Waals surface area contributed by atoms with E-state index in [0.29, 0.717) is 5.76 Å². The van der Waals surface area contributed by atoms with E-state index in [9.17, 15) is 4.79 Å². The Morgan fingerprint density at radius 2 is 2.17 bits per heavy atom. The summed E-state index contributed by atoms with van der Waals surface area (Å²) in [4.78, 5) is 16.8. The summed E-state index contributed by atoms with van der Waals surface area (Å²) in [5.74, 6) is 0.223. The van der Waals surface area contributed by atoms with E-state index in [1.54, 1.807) is 0 Å². The van der Waals surface area contributed by atoms with Gasteiger partial charge in [0.2, 0.25) is 0 Å². The fourth-order valence-electron chi connectivity index (χ4n) is 1.56. The van der Waals surface area contributed by atoms with Gasteiger partial charge in [0, 0.05) is 32.3 Å². The van der Waals surface area contributed by atoms with Crippen molar-refractivity contribution < 1.29 is 13.9 Å². The maximum absolute atomic E-state index is 11.0. The minimum Gasteiger partial charge on any atom is -0.439 e. The van der Waals surface area contributed by atoms with Gasteiger partial charge in [-0.2, -0.15) is 4.98 Å². The number of rotatable bonds is 3. The largest absolute Gasteiger partial charge is 0.439 e. The van der Waals surface area contributed by atoms with Crippen LogP contribution in [0, 0.1) is 0 Å². The van der Waals surface area contributed by atoms with Crippen LogP contribution in [0.5, 0.6) is 5.88 Å². The van der Waals surface area contributed by atoms with E-state index < -0.39 is 5.97 Å². The lowest BCUT2D eigenvalue weighted by Gasteiger charge is -2.12. The Morgan fingerprint density at radius 3 is 2.83 bits per heavy atom. The third-order valence-electron chi connectivity index (χ3n) is 2.40. The zero-order chi connectivity index (χ0) is 13.1. The van der Waals surface area contributed by atoms with E-state index >= 15 is 0 Å². The Hall–Kier alpha value is -2.30. The zero-order valence-electron chi connectivity index (χ0n) is 10.5. The first-order chi connectivity index (χ1) is 8.58. The van der Waals surface area contributed by atoms with Gasteiger partial charge in [0.25, 0.3) is 5.88 Å². The molecule has 0 saturated carbocycles. The van der Waals surface area contributed by atoms with Gasteiger partial charge in [0.1, 0.15) is 0 Å². The molecule has 0 bridgehead atoms. The van der Waals surface area contributed by atoms with Crippen LogP contribution in [0.2, 0.25) is 0 Å². The number of hydrogen-bond acceptors (Lipinski definition) is 5. The van der Waals surface area contributed by atoms with E-state index in [1.807, 2.05) is 43.3 Å². The molecule has 0 radical (unpaired) electrons. The van der Waals surface area contributed by atoms with Crippen molar-refractivity contribution in [2.45, 2.75) is 6.92 Å². The van der Waals surface area contributed by atoms with Crippen molar-refractivity contribution in [1.29, 1.82) is 0 Å². The van der Waals surface area contributed by atoms with Crippen molar-refractivity contribution in [2.24, 2.45) is 0 Å². The second kappa shape index (κ2) is 4.91. The lowest BCUT2D eigenvalue weighted by atomic mass is 10.1. The normalized spacial score (nSPS) is 10.2. The minimum atomic E-state index is -0.422. The van der Waals surface area contributed by atoms with E-state index in [2.05, 4.69) is 4.98 Å². The Bertz CT molecular complexity index is 561. The number of anilines is 1. The SMILES string of the molecule is CC(=O)Oc1ncoc1-c1cccc(N(C)C)c1. The summed E-state index contributed by atoms with van der Waals surface area (Å²) >= 11 is 0. The average Bonchev–Trinajstić information content (AvgIpc) is 2.76. The molecule has 0 aliphatic rings. The molecule has 1 aromatic carbocycles. The van der Waals surface area contributed by atoms with Crippen molar-refractivity contribution >= 4 is 11.7 Å². The van der Waals surface area contributed by atoms with E-state index in [4.69, 9.17) is 9.15 Å². The van der Waals surface area contributed by atoms with Crippen LogP contribution in [0.4, 0.5) is 5.69 Å². The first-order valence-electron chi connectivity index (χ1n) is 5.47. The monoisotopic (exact) mass is 246 g/mol. The van der Waals surface area contributed by atoms with Gasteiger partial charge in [-0.05, 0) is 12.1 Å². The molecule has 94 valence electrons. The number of carbonyl (C=O) groups is 1. The molecule has 0 aliphatic carbocycles. The van der Waals surface area contributed by atoms with Gasteiger partial charge in [-0.3, -0.25) is 4.79 Å². The van der Waals surface area contributed by atoms with Crippen molar-refractivity contribution in [1.82, 2.24) is 4.98 Å². The van der Waals surface area contributed by atoms with Crippen LogP contribution in [0.1, 0.15) is 6.92 Å². The van der Waals surface area contributed by atoms with E-state index in [0.717, 1.165) is 11.3 Å². The number of aromatic nitrogens is 1. The van der Waals surface area contributed by atoms with Gasteiger partial charge >= 0.3 is 5.97 Å². The highest BCUT2D eigenvalue weighted by atomic mass is 16.5. The van der Waals surface area contributed by atoms with Gasteiger partial charge in [-0.15, -0.1) is 0 Å². The molecule has 0 N–H and O–H groups in total. The highest BCUT2D eigenvalue weighted by Crippen LogP contribution is 2.30. The van der Waals surface area contributed by atoms with Crippen LogP contribution in [-0.4, -0.2) is 25.0 Å². The van der Waals surface area contributed by atoms with Crippen LogP contribution in [0.15, 0.2) is 35.1 Å². The summed E-state index contributed by atoms with van der Waals surface area (Å²) in [6.07, 6.45) is 1.26. The number of carbonyl (C=O) groups excluding carboxylic acids is 1. The summed E-state index contributed by atoms with van der Waals surface area (Å²) in [6, 6.07) is 7.70. The van der Waals surface area contributed by atoms with Gasteiger partial charge in [-0.25, -0.2) is 0 Å². The van der Waals surface area contributed by atoms with Gasteiger partial charge in [-0.1, -0.05) is 12.1 Å². The molecule has 0 aliphatic heterocycles. The van der Waals surface area contributed by atoms with Gasteiger partial charge in [0.05, 0.1) is 0 Å². The zero-order valence-corrected chi connectivity index (χ0v) is 10.5. The fraction of sp³-hybridized carbons (Fsp3) is 0.231. The Labute approximate surface area is 105 Å². The molecule has 5 heteroatoms. The predicted octanol–water partition coefficient (Wildman–Crippen LogP) is 2.33. The van der Waals surface area contributed by atoms with Crippen LogP contribution in [0.3, 0.4) is 0 Å². The quantitative estimate of drug-likeness (QED) is 0.778. The number of oxazole rings is 1. The Morgan fingerprint density at radius 1 is 1.39 bits per heavy atom. The van der Waals surface area contributed by atoms with Crippen molar-refractivity contribution in [3.8, 4) is 17.2 Å². The molecule has 0 spiro atoms. The minimum absolute atomic E-state index is 0.193. The molecular weight excluding hydrogens is 232 g/mol. The summed E-state index contributed by atoms with van der Waals surface area (Å²) in [7, 11) is 3.90.